The summed E-state index contributed by atoms with van der Waals surface area (Å²) >= 11 is -0.826. The minimum absolute atomic E-state index is 0.0390. The first kappa shape index (κ1) is 17.6. The fourth-order valence-electron chi connectivity index (χ4n) is 1.18. The first-order valence-corrected chi connectivity index (χ1v) is 11.2. The molecule has 98 valence electrons. The summed E-state index contributed by atoms with van der Waals surface area (Å²) in [5, 5.41) is 20.2. The third-order valence-corrected chi connectivity index (χ3v) is 1.94. The van der Waals surface area contributed by atoms with Crippen LogP contribution in [0.4, 0.5) is 5.69 Å². The standard InChI is InChI=1S/C10H12N2O3.2ClH.Zr/c1-3-11-6-8-5-9(12(14)15)4-7(2)10(8)13;;;/h4-6,13H,3H2,1-2H3;2*1H;/q;;;+2/p-2. The molecule has 0 spiro atoms. The van der Waals surface area contributed by atoms with E-state index in [2.05, 4.69) is 4.99 Å². The number of nitro groups is 1. The Balaban J connectivity index is 0.000000873. The normalized spacial score (nSPS) is 9.78. The number of aryl methyl sites for hydroxylation is 1. The average molecular weight is 370 g/mol. The van der Waals surface area contributed by atoms with Gasteiger partial charge in [-0.15, -0.1) is 0 Å². The number of aliphatic imine (C=N–C) groups is 1. The number of halogens is 2. The molecule has 0 atom stereocenters. The van der Waals surface area contributed by atoms with Gasteiger partial charge in [0.1, 0.15) is 5.75 Å². The number of nitro benzene ring substituents is 1. The Labute approximate surface area is 124 Å². The minimum atomic E-state index is -0.826. The summed E-state index contributed by atoms with van der Waals surface area (Å²) in [5.74, 6) is 0.0396. The first-order chi connectivity index (χ1) is 8.47. The number of aromatic hydroxyl groups is 1. The van der Waals surface area contributed by atoms with Crippen molar-refractivity contribution >= 4 is 28.9 Å². The van der Waals surface area contributed by atoms with Crippen molar-refractivity contribution in [2.24, 2.45) is 4.99 Å². The molecule has 0 aliphatic heterocycles. The molecular weight excluding hydrogens is 358 g/mol. The van der Waals surface area contributed by atoms with Crippen LogP contribution in [0.15, 0.2) is 17.1 Å². The summed E-state index contributed by atoms with van der Waals surface area (Å²) in [7, 11) is 9.87. The Bertz CT molecular complexity index is 441. The van der Waals surface area contributed by atoms with Crippen LogP contribution in [0.3, 0.4) is 0 Å². The van der Waals surface area contributed by atoms with E-state index in [1.54, 1.807) is 6.92 Å². The van der Waals surface area contributed by atoms with E-state index in [0.29, 0.717) is 17.7 Å². The second-order valence-corrected chi connectivity index (χ2v) is 6.89. The Morgan fingerprint density at radius 1 is 1.56 bits per heavy atom. The van der Waals surface area contributed by atoms with Gasteiger partial charge in [-0.25, -0.2) is 0 Å². The van der Waals surface area contributed by atoms with Crippen molar-refractivity contribution in [3.05, 3.63) is 33.4 Å². The zero-order chi connectivity index (χ0) is 14.1. The van der Waals surface area contributed by atoms with Crippen molar-refractivity contribution in [3.63, 3.8) is 0 Å². The zero-order valence-electron chi connectivity index (χ0n) is 9.85. The molecule has 18 heavy (non-hydrogen) atoms. The van der Waals surface area contributed by atoms with Crippen LogP contribution in [0.5, 0.6) is 5.75 Å². The second-order valence-electron chi connectivity index (χ2n) is 3.16. The van der Waals surface area contributed by atoms with Gasteiger partial charge in [0.15, 0.2) is 0 Å². The summed E-state index contributed by atoms with van der Waals surface area (Å²) in [6.45, 7) is 4.03. The fraction of sp³-hybridized carbons (Fsp3) is 0.300. The van der Waals surface area contributed by atoms with Crippen LogP contribution in [0.1, 0.15) is 18.1 Å². The Hall–Kier alpha value is -0.447. The van der Waals surface area contributed by atoms with Gasteiger partial charge in [0.2, 0.25) is 0 Å². The molecule has 0 aliphatic rings. The molecule has 0 fully saturated rings. The van der Waals surface area contributed by atoms with E-state index in [-0.39, 0.29) is 11.4 Å². The zero-order valence-corrected chi connectivity index (χ0v) is 13.8. The van der Waals surface area contributed by atoms with Gasteiger partial charge in [0.25, 0.3) is 5.69 Å². The summed E-state index contributed by atoms with van der Waals surface area (Å²) in [6.07, 6.45) is 1.44. The molecule has 0 unspecified atom stereocenters. The van der Waals surface area contributed by atoms with Crippen LogP contribution >= 0.6 is 17.0 Å². The van der Waals surface area contributed by atoms with Crippen LogP contribution in [-0.4, -0.2) is 22.8 Å². The number of phenols is 1. The molecule has 0 radical (unpaired) electrons. The second kappa shape index (κ2) is 9.48. The molecule has 0 amide bonds. The Kier molecular flexibility index (Phi) is 9.24. The number of hydrogen-bond acceptors (Lipinski definition) is 4. The predicted octanol–water partition coefficient (Wildman–Crippen LogP) is 3.42. The van der Waals surface area contributed by atoms with E-state index in [1.807, 2.05) is 6.92 Å². The van der Waals surface area contributed by atoms with Gasteiger partial charge in [-0.1, -0.05) is 0 Å². The molecule has 1 aromatic rings. The summed E-state index contributed by atoms with van der Waals surface area (Å²) < 4.78 is 0. The van der Waals surface area contributed by atoms with Gasteiger partial charge in [-0.05, 0) is 19.4 Å². The van der Waals surface area contributed by atoms with E-state index in [1.165, 1.54) is 18.3 Å². The molecule has 1 N–H and O–H groups in total. The van der Waals surface area contributed by atoms with E-state index in [4.69, 9.17) is 17.0 Å². The molecule has 0 aromatic heterocycles. The molecule has 0 saturated carbocycles. The maximum atomic E-state index is 10.6. The third-order valence-electron chi connectivity index (χ3n) is 1.94. The number of hydrogen-bond donors (Lipinski definition) is 1. The van der Waals surface area contributed by atoms with Crippen molar-refractivity contribution in [1.82, 2.24) is 0 Å². The van der Waals surface area contributed by atoms with Gasteiger partial charge < -0.3 is 5.11 Å². The van der Waals surface area contributed by atoms with E-state index in [0.717, 1.165) is 0 Å². The van der Waals surface area contributed by atoms with E-state index in [9.17, 15) is 15.2 Å². The first-order valence-electron chi connectivity index (χ1n) is 4.92. The molecule has 0 bridgehead atoms. The van der Waals surface area contributed by atoms with Crippen molar-refractivity contribution in [2.75, 3.05) is 6.54 Å². The van der Waals surface area contributed by atoms with Crippen LogP contribution in [0, 0.1) is 17.0 Å². The van der Waals surface area contributed by atoms with Crippen molar-refractivity contribution in [1.29, 1.82) is 0 Å². The topological polar surface area (TPSA) is 75.7 Å². The van der Waals surface area contributed by atoms with Gasteiger partial charge in [0.05, 0.1) is 4.92 Å². The SMILES string of the molecule is CCN=Cc1cc([N+](=O)[O-])cc(C)c1O.[Cl][Zr][Cl]. The third kappa shape index (κ3) is 5.94. The Morgan fingerprint density at radius 2 is 2.11 bits per heavy atom. The molecule has 0 saturated heterocycles. The number of non-ortho nitro benzene ring substituents is 1. The summed E-state index contributed by atoms with van der Waals surface area (Å²) in [5.41, 5.74) is 0.813. The van der Waals surface area contributed by atoms with Crippen LogP contribution in [0.25, 0.3) is 0 Å². The number of benzene rings is 1. The van der Waals surface area contributed by atoms with E-state index >= 15 is 0 Å². The van der Waals surface area contributed by atoms with Gasteiger partial charge in [-0.2, -0.15) is 0 Å². The number of nitrogens with zero attached hydrogens (tertiary/aromatic N) is 2. The van der Waals surface area contributed by atoms with Gasteiger partial charge >= 0.3 is 37.9 Å². The van der Waals surface area contributed by atoms with Crippen molar-refractivity contribution in [3.8, 4) is 5.75 Å². The molecule has 0 heterocycles. The molecule has 8 heteroatoms. The monoisotopic (exact) mass is 368 g/mol. The molecule has 0 aliphatic carbocycles. The molecule has 1 rings (SSSR count). The van der Waals surface area contributed by atoms with Gasteiger partial charge in [-0.3, -0.25) is 15.1 Å². The Morgan fingerprint density at radius 3 is 2.56 bits per heavy atom. The van der Waals surface area contributed by atoms with Crippen LogP contribution in [0.2, 0.25) is 0 Å². The predicted molar refractivity (Wildman–Crippen MR) is 69.3 cm³/mol. The van der Waals surface area contributed by atoms with Crippen LogP contribution in [-0.2, 0) is 20.8 Å². The average Bonchev–Trinajstić information content (AvgIpc) is 2.31. The molecular formula is C10H12Cl2N2O3Zr. The van der Waals surface area contributed by atoms with E-state index < -0.39 is 25.8 Å². The molecule has 1 aromatic carbocycles. The maximum absolute atomic E-state index is 10.6. The van der Waals surface area contributed by atoms with Crippen molar-refractivity contribution in [2.45, 2.75) is 13.8 Å². The number of rotatable bonds is 3. The van der Waals surface area contributed by atoms with Gasteiger partial charge in [0, 0.05) is 30.5 Å². The summed E-state index contributed by atoms with van der Waals surface area (Å²) in [6, 6.07) is 2.64. The van der Waals surface area contributed by atoms with Crippen LogP contribution < -0.4 is 0 Å². The summed E-state index contributed by atoms with van der Waals surface area (Å²) in [4.78, 5) is 14.0. The van der Waals surface area contributed by atoms with Crippen molar-refractivity contribution < 1.29 is 30.9 Å². The number of phenolic OH excluding ortho intramolecular Hbond substituents is 1. The quantitative estimate of drug-likeness (QED) is 0.503. The fourth-order valence-corrected chi connectivity index (χ4v) is 1.18. The molecule has 5 nitrogen and oxygen atoms in total.